The first-order valence-corrected chi connectivity index (χ1v) is 19.9. The number of likely N-dealkylation sites (N-methyl/N-ethyl adjacent to an activating group) is 2. The van der Waals surface area contributed by atoms with E-state index in [2.05, 4.69) is 11.0 Å². The fraction of sp³-hybridized carbons (Fsp3) is 0.487. The zero-order valence-corrected chi connectivity index (χ0v) is 33.8. The van der Waals surface area contributed by atoms with E-state index in [1.165, 1.54) is 24.2 Å². The second kappa shape index (κ2) is 17.7. The number of carbonyl (C=O) groups is 4. The number of amides is 2. The van der Waals surface area contributed by atoms with Crippen molar-refractivity contribution in [2.24, 2.45) is 0 Å². The normalized spacial score (nSPS) is 14.5. The van der Waals surface area contributed by atoms with Gasteiger partial charge >= 0.3 is 11.9 Å². The lowest BCUT2D eigenvalue weighted by molar-refractivity contribution is -0.883. The molecular weight excluding hydrogens is 753 g/mol. The van der Waals surface area contributed by atoms with Gasteiger partial charge in [-0.2, -0.15) is 0 Å². The Morgan fingerprint density at radius 2 is 1.46 bits per heavy atom. The van der Waals surface area contributed by atoms with Crippen LogP contribution in [0.3, 0.4) is 0 Å². The Labute approximate surface area is 331 Å². The molecule has 2 aromatic carbocycles. The van der Waals surface area contributed by atoms with Gasteiger partial charge in [-0.25, -0.2) is 9.59 Å². The first-order chi connectivity index (χ1) is 25.5. The van der Waals surface area contributed by atoms with Gasteiger partial charge in [0.2, 0.25) is 5.91 Å². The predicted octanol–water partition coefficient (Wildman–Crippen LogP) is 6.34. The van der Waals surface area contributed by atoms with Crippen LogP contribution in [0.25, 0.3) is 0 Å². The van der Waals surface area contributed by atoms with E-state index >= 15 is 0 Å². The van der Waals surface area contributed by atoms with Crippen molar-refractivity contribution in [1.29, 1.82) is 0 Å². The Hall–Kier alpha value is -3.88. The number of hydrogen-bond acceptors (Lipinski definition) is 7. The van der Waals surface area contributed by atoms with Crippen molar-refractivity contribution in [3.8, 4) is 11.5 Å². The number of rotatable bonds is 19. The summed E-state index contributed by atoms with van der Waals surface area (Å²) >= 11 is 14.8. The Morgan fingerprint density at radius 3 is 2.06 bits per heavy atom. The number of thiophene rings is 1. The molecule has 12 nitrogen and oxygen atoms in total. The van der Waals surface area contributed by atoms with Crippen LogP contribution >= 0.6 is 34.5 Å². The summed E-state index contributed by atoms with van der Waals surface area (Å²) in [7, 11) is 7.38. The number of fused-ring (bicyclic) bond motifs is 1. The van der Waals surface area contributed by atoms with Crippen LogP contribution in [0.5, 0.6) is 11.5 Å². The molecule has 0 radical (unpaired) electrons. The lowest BCUT2D eigenvalue weighted by atomic mass is 10.1. The summed E-state index contributed by atoms with van der Waals surface area (Å²) in [5, 5.41) is 21.0. The number of para-hydroxylation sites is 2. The van der Waals surface area contributed by atoms with Crippen molar-refractivity contribution in [3.63, 3.8) is 0 Å². The van der Waals surface area contributed by atoms with E-state index < -0.39 is 11.9 Å². The summed E-state index contributed by atoms with van der Waals surface area (Å²) < 4.78 is 6.80. The van der Waals surface area contributed by atoms with E-state index in [0.717, 1.165) is 17.9 Å². The maximum atomic E-state index is 13.9. The fourth-order valence-electron chi connectivity index (χ4n) is 7.01. The lowest BCUT2D eigenvalue weighted by Gasteiger charge is -2.37. The third kappa shape index (κ3) is 11.1. The van der Waals surface area contributed by atoms with Gasteiger partial charge in [-0.3, -0.25) is 9.59 Å². The molecular formula is C39H51Cl2N5O7S+2. The molecule has 2 aliphatic rings. The highest BCUT2D eigenvalue weighted by Crippen LogP contribution is 2.42. The second-order valence-corrected chi connectivity index (χ2v) is 17.2. The molecule has 0 unspecified atom stereocenters. The summed E-state index contributed by atoms with van der Waals surface area (Å²) in [4.78, 5) is 56.6. The number of anilines is 2. The topological polar surface area (TPSA) is 128 Å². The van der Waals surface area contributed by atoms with Crippen molar-refractivity contribution in [2.75, 3.05) is 90.3 Å². The molecule has 1 saturated carbocycles. The fourth-order valence-corrected chi connectivity index (χ4v) is 8.24. The van der Waals surface area contributed by atoms with Gasteiger partial charge in [-0.1, -0.05) is 35.3 Å². The molecule has 2 amide bonds. The number of carboxylic acid groups (broad SMARTS) is 2. The second-order valence-electron chi connectivity index (χ2n) is 15.5. The first-order valence-electron chi connectivity index (χ1n) is 18.3. The molecule has 292 valence electrons. The third-order valence-electron chi connectivity index (χ3n) is 9.89. The molecule has 0 bridgehead atoms. The molecule has 0 saturated heterocycles. The number of aryl methyl sites for hydroxylation is 1. The van der Waals surface area contributed by atoms with E-state index in [1.54, 1.807) is 23.1 Å². The minimum Gasteiger partial charge on any atom is -0.477 e. The van der Waals surface area contributed by atoms with Crippen LogP contribution in [0.4, 0.5) is 11.4 Å². The summed E-state index contributed by atoms with van der Waals surface area (Å²) in [5.41, 5.74) is 2.64. The monoisotopic (exact) mass is 803 g/mol. The van der Waals surface area contributed by atoms with Crippen LogP contribution in [0.2, 0.25) is 10.0 Å². The van der Waals surface area contributed by atoms with Gasteiger partial charge in [0.1, 0.15) is 10.6 Å². The minimum absolute atomic E-state index is 0.0238. The quantitative estimate of drug-likeness (QED) is 0.135. The highest BCUT2D eigenvalue weighted by molar-refractivity contribution is 7.12. The standard InChI is InChI=1S/C39H49Cl2N5O7S/c1-45(2,25-36(48)49)20-7-16-42(17-8-21-46(3,4)26-37(50)51)35(47)14-11-27-23-30(41)34(24-29(27)40)53-33-15-22-54-38(33)39(52)44-19-18-43(28-12-13-28)31-9-5-6-10-32(31)44/h5-6,9-10,15,22-24,28H,7-8,11-14,16-21,25-26H2,1-4H3/p+2. The van der Waals surface area contributed by atoms with Crippen LogP contribution in [0.15, 0.2) is 47.8 Å². The maximum absolute atomic E-state index is 13.9. The molecule has 15 heteroatoms. The summed E-state index contributed by atoms with van der Waals surface area (Å²) in [6.45, 7) is 3.32. The first kappa shape index (κ1) is 41.3. The molecule has 1 aliphatic heterocycles. The number of carbonyl (C=O) groups excluding carboxylic acids is 2. The Bertz CT molecular complexity index is 1810. The third-order valence-corrected chi connectivity index (χ3v) is 11.4. The van der Waals surface area contributed by atoms with E-state index in [9.17, 15) is 29.4 Å². The Kier molecular flexibility index (Phi) is 13.5. The van der Waals surface area contributed by atoms with E-state index in [0.29, 0.717) is 90.0 Å². The van der Waals surface area contributed by atoms with Gasteiger partial charge in [0.15, 0.2) is 18.8 Å². The maximum Gasteiger partial charge on any atom is 0.359 e. The molecule has 2 heterocycles. The number of aliphatic carboxylic acids is 2. The highest BCUT2D eigenvalue weighted by atomic mass is 35.5. The summed E-state index contributed by atoms with van der Waals surface area (Å²) in [6.07, 6.45) is 4.04. The molecule has 1 aliphatic carbocycles. The highest BCUT2D eigenvalue weighted by Gasteiger charge is 2.36. The van der Waals surface area contributed by atoms with Crippen LogP contribution in [0.1, 0.15) is 47.3 Å². The summed E-state index contributed by atoms with van der Waals surface area (Å²) in [6, 6.07) is 13.6. The molecule has 5 rings (SSSR count). The van der Waals surface area contributed by atoms with E-state index in [4.69, 9.17) is 27.9 Å². The predicted molar refractivity (Wildman–Crippen MR) is 212 cm³/mol. The number of nitrogens with zero attached hydrogens (tertiary/aromatic N) is 5. The molecule has 3 aromatic rings. The minimum atomic E-state index is -0.883. The van der Waals surface area contributed by atoms with Crippen molar-refractivity contribution < 1.29 is 43.1 Å². The van der Waals surface area contributed by atoms with Crippen LogP contribution in [0, 0.1) is 0 Å². The smallest absolute Gasteiger partial charge is 0.359 e. The van der Waals surface area contributed by atoms with Crippen LogP contribution < -0.4 is 14.5 Å². The number of hydrogen-bond donors (Lipinski definition) is 2. The Balaban J connectivity index is 1.23. The van der Waals surface area contributed by atoms with Crippen molar-refractivity contribution in [3.05, 3.63) is 68.3 Å². The molecule has 0 atom stereocenters. The van der Waals surface area contributed by atoms with Crippen molar-refractivity contribution >= 4 is 69.7 Å². The van der Waals surface area contributed by atoms with E-state index in [1.807, 2.05) is 56.7 Å². The van der Waals surface area contributed by atoms with Gasteiger partial charge in [-0.05, 0) is 54.5 Å². The van der Waals surface area contributed by atoms with Gasteiger partial charge in [-0.15, -0.1) is 11.3 Å². The SMILES string of the molecule is C[N+](C)(CCCN(CCC[N+](C)(C)CC(=O)O)C(=O)CCc1cc(Cl)c(Oc2ccsc2C(=O)N2CCN(C3CC3)c3ccccc32)cc1Cl)CC(=O)O. The zero-order chi connectivity index (χ0) is 39.2. The molecule has 1 aromatic heterocycles. The molecule has 0 spiro atoms. The summed E-state index contributed by atoms with van der Waals surface area (Å²) in [5.74, 6) is -1.31. The Morgan fingerprint density at radius 1 is 0.852 bits per heavy atom. The number of benzene rings is 2. The number of halogens is 2. The van der Waals surface area contributed by atoms with Crippen LogP contribution in [-0.4, -0.2) is 134 Å². The molecule has 54 heavy (non-hydrogen) atoms. The van der Waals surface area contributed by atoms with Crippen LogP contribution in [-0.2, 0) is 20.8 Å². The number of ether oxygens (including phenoxy) is 1. The van der Waals surface area contributed by atoms with Gasteiger partial charge in [0, 0.05) is 62.6 Å². The molecule has 2 N–H and O–H groups in total. The molecule has 1 fully saturated rings. The van der Waals surface area contributed by atoms with Crippen molar-refractivity contribution in [1.82, 2.24) is 4.90 Å². The van der Waals surface area contributed by atoms with Gasteiger partial charge < -0.3 is 38.6 Å². The average Bonchev–Trinajstić information content (AvgIpc) is 3.83. The largest absolute Gasteiger partial charge is 0.477 e. The van der Waals surface area contributed by atoms with Gasteiger partial charge in [0.05, 0.1) is 57.7 Å². The van der Waals surface area contributed by atoms with Crippen molar-refractivity contribution in [2.45, 2.75) is 44.6 Å². The zero-order valence-electron chi connectivity index (χ0n) is 31.4. The lowest BCUT2D eigenvalue weighted by Crippen LogP contribution is -2.47. The van der Waals surface area contributed by atoms with E-state index in [-0.39, 0.29) is 40.3 Å². The number of quaternary nitrogens is 2. The average molecular weight is 805 g/mol. The van der Waals surface area contributed by atoms with Gasteiger partial charge in [0.25, 0.3) is 5.91 Å². The number of carboxylic acids is 2.